The second-order valence-corrected chi connectivity index (χ2v) is 4.67. The SMILES string of the molecule is NC(=O)OCCN(Cc1ccccc1)c1cccc(N)c1. The van der Waals surface area contributed by atoms with E-state index < -0.39 is 6.09 Å². The van der Waals surface area contributed by atoms with Crippen LogP contribution < -0.4 is 16.4 Å². The Morgan fingerprint density at radius 2 is 1.86 bits per heavy atom. The Morgan fingerprint density at radius 1 is 1.10 bits per heavy atom. The molecule has 0 heterocycles. The fourth-order valence-electron chi connectivity index (χ4n) is 2.08. The van der Waals surface area contributed by atoms with E-state index in [4.69, 9.17) is 16.2 Å². The van der Waals surface area contributed by atoms with Crippen LogP contribution in [0.3, 0.4) is 0 Å². The third-order valence-corrected chi connectivity index (χ3v) is 3.06. The molecule has 0 aliphatic carbocycles. The minimum atomic E-state index is -0.762. The van der Waals surface area contributed by atoms with E-state index in [2.05, 4.69) is 4.90 Å². The van der Waals surface area contributed by atoms with Crippen molar-refractivity contribution in [1.82, 2.24) is 0 Å². The first-order valence-electron chi connectivity index (χ1n) is 6.72. The summed E-state index contributed by atoms with van der Waals surface area (Å²) in [5, 5.41) is 0. The van der Waals surface area contributed by atoms with Gasteiger partial charge < -0.3 is 21.1 Å². The van der Waals surface area contributed by atoms with Gasteiger partial charge in [0.15, 0.2) is 0 Å². The molecule has 5 nitrogen and oxygen atoms in total. The summed E-state index contributed by atoms with van der Waals surface area (Å²) in [5.74, 6) is 0. The van der Waals surface area contributed by atoms with Gasteiger partial charge in [0.1, 0.15) is 6.61 Å². The van der Waals surface area contributed by atoms with Crippen LogP contribution >= 0.6 is 0 Å². The standard InChI is InChI=1S/C16H19N3O2/c17-14-7-4-8-15(11-14)19(9-10-21-16(18)20)12-13-5-2-1-3-6-13/h1-8,11H,9-10,12,17H2,(H2,18,20). The highest BCUT2D eigenvalue weighted by Gasteiger charge is 2.08. The first kappa shape index (κ1) is 14.7. The number of ether oxygens (including phenoxy) is 1. The van der Waals surface area contributed by atoms with Crippen molar-refractivity contribution in [2.24, 2.45) is 5.73 Å². The Labute approximate surface area is 124 Å². The topological polar surface area (TPSA) is 81.6 Å². The van der Waals surface area contributed by atoms with E-state index in [0.29, 0.717) is 18.8 Å². The molecule has 1 amide bonds. The summed E-state index contributed by atoms with van der Waals surface area (Å²) in [6.07, 6.45) is -0.762. The molecule has 110 valence electrons. The van der Waals surface area contributed by atoms with Crippen LogP contribution in [0.25, 0.3) is 0 Å². The van der Waals surface area contributed by atoms with Gasteiger partial charge in [0.2, 0.25) is 0 Å². The Morgan fingerprint density at radius 3 is 2.52 bits per heavy atom. The molecule has 2 rings (SSSR count). The number of primary amides is 1. The molecular weight excluding hydrogens is 266 g/mol. The van der Waals surface area contributed by atoms with Crippen molar-refractivity contribution in [2.75, 3.05) is 23.8 Å². The van der Waals surface area contributed by atoms with Gasteiger partial charge in [-0.15, -0.1) is 0 Å². The average molecular weight is 285 g/mol. The monoisotopic (exact) mass is 285 g/mol. The highest BCUT2D eigenvalue weighted by molar-refractivity contribution is 5.64. The lowest BCUT2D eigenvalue weighted by Crippen LogP contribution is -2.29. The first-order chi connectivity index (χ1) is 10.1. The maximum absolute atomic E-state index is 10.7. The number of benzene rings is 2. The van der Waals surface area contributed by atoms with Crippen molar-refractivity contribution in [1.29, 1.82) is 0 Å². The van der Waals surface area contributed by atoms with E-state index in [-0.39, 0.29) is 6.61 Å². The molecule has 2 aromatic rings. The van der Waals surface area contributed by atoms with E-state index in [0.717, 1.165) is 5.69 Å². The molecule has 0 radical (unpaired) electrons. The van der Waals surface area contributed by atoms with Crippen LogP contribution in [0, 0.1) is 0 Å². The van der Waals surface area contributed by atoms with E-state index in [1.54, 1.807) is 0 Å². The number of anilines is 2. The number of rotatable bonds is 6. The third-order valence-electron chi connectivity index (χ3n) is 3.06. The van der Waals surface area contributed by atoms with Gasteiger partial charge in [-0.3, -0.25) is 0 Å². The second-order valence-electron chi connectivity index (χ2n) is 4.67. The molecule has 0 aromatic heterocycles. The molecule has 0 aliphatic rings. The molecule has 0 aliphatic heterocycles. The van der Waals surface area contributed by atoms with Crippen molar-refractivity contribution in [3.63, 3.8) is 0 Å². The maximum Gasteiger partial charge on any atom is 0.404 e. The second kappa shape index (κ2) is 7.19. The van der Waals surface area contributed by atoms with Gasteiger partial charge in [-0.1, -0.05) is 36.4 Å². The predicted molar refractivity (Wildman–Crippen MR) is 83.9 cm³/mol. The molecule has 0 atom stereocenters. The molecule has 0 fully saturated rings. The minimum Gasteiger partial charge on any atom is -0.448 e. The summed E-state index contributed by atoms with van der Waals surface area (Å²) in [7, 11) is 0. The van der Waals surface area contributed by atoms with Crippen molar-refractivity contribution in [3.05, 3.63) is 60.2 Å². The van der Waals surface area contributed by atoms with Crippen LogP contribution in [0.5, 0.6) is 0 Å². The predicted octanol–water partition coefficient (Wildman–Crippen LogP) is 2.37. The quantitative estimate of drug-likeness (QED) is 0.798. The maximum atomic E-state index is 10.7. The van der Waals surface area contributed by atoms with Crippen LogP contribution in [0.2, 0.25) is 0 Å². The number of amides is 1. The van der Waals surface area contributed by atoms with E-state index in [1.807, 2.05) is 54.6 Å². The van der Waals surface area contributed by atoms with Gasteiger partial charge in [0, 0.05) is 17.9 Å². The van der Waals surface area contributed by atoms with Crippen LogP contribution in [0.4, 0.5) is 16.2 Å². The number of nitrogen functional groups attached to an aromatic ring is 1. The van der Waals surface area contributed by atoms with E-state index in [9.17, 15) is 4.79 Å². The smallest absolute Gasteiger partial charge is 0.404 e. The Balaban J connectivity index is 2.11. The van der Waals surface area contributed by atoms with Crippen molar-refractivity contribution >= 4 is 17.5 Å². The number of carbonyl (C=O) groups excluding carboxylic acids is 1. The normalized spacial score (nSPS) is 10.1. The molecule has 0 spiro atoms. The van der Waals surface area contributed by atoms with Crippen LogP contribution in [-0.2, 0) is 11.3 Å². The average Bonchev–Trinajstić information content (AvgIpc) is 2.47. The summed E-state index contributed by atoms with van der Waals surface area (Å²) in [4.78, 5) is 12.8. The molecule has 0 saturated heterocycles. The highest BCUT2D eigenvalue weighted by Crippen LogP contribution is 2.19. The van der Waals surface area contributed by atoms with Crippen molar-refractivity contribution < 1.29 is 9.53 Å². The lowest BCUT2D eigenvalue weighted by atomic mass is 10.2. The zero-order chi connectivity index (χ0) is 15.1. The zero-order valence-corrected chi connectivity index (χ0v) is 11.7. The fourth-order valence-corrected chi connectivity index (χ4v) is 2.08. The van der Waals surface area contributed by atoms with Crippen molar-refractivity contribution in [2.45, 2.75) is 6.54 Å². The van der Waals surface area contributed by atoms with E-state index >= 15 is 0 Å². The lowest BCUT2D eigenvalue weighted by Gasteiger charge is -2.25. The lowest BCUT2D eigenvalue weighted by molar-refractivity contribution is 0.159. The van der Waals surface area contributed by atoms with Crippen LogP contribution in [0.15, 0.2) is 54.6 Å². The van der Waals surface area contributed by atoms with Crippen LogP contribution in [-0.4, -0.2) is 19.2 Å². The summed E-state index contributed by atoms with van der Waals surface area (Å²) in [6.45, 7) is 1.48. The van der Waals surface area contributed by atoms with Gasteiger partial charge in [-0.2, -0.15) is 0 Å². The summed E-state index contributed by atoms with van der Waals surface area (Å²) >= 11 is 0. The highest BCUT2D eigenvalue weighted by atomic mass is 16.5. The first-order valence-corrected chi connectivity index (χ1v) is 6.72. The largest absolute Gasteiger partial charge is 0.448 e. The van der Waals surface area contributed by atoms with Gasteiger partial charge in [0.25, 0.3) is 0 Å². The Bertz CT molecular complexity index is 587. The molecule has 0 bridgehead atoms. The minimum absolute atomic E-state index is 0.233. The number of hydrogen-bond donors (Lipinski definition) is 2. The molecular formula is C16H19N3O2. The number of nitrogens with zero attached hydrogens (tertiary/aromatic N) is 1. The summed E-state index contributed by atoms with van der Waals surface area (Å²) < 4.78 is 4.83. The zero-order valence-electron chi connectivity index (χ0n) is 11.7. The van der Waals surface area contributed by atoms with E-state index in [1.165, 1.54) is 5.56 Å². The van der Waals surface area contributed by atoms with Crippen LogP contribution in [0.1, 0.15) is 5.56 Å². The molecule has 4 N–H and O–H groups in total. The van der Waals surface area contributed by atoms with Gasteiger partial charge in [-0.05, 0) is 23.8 Å². The van der Waals surface area contributed by atoms with Gasteiger partial charge >= 0.3 is 6.09 Å². The summed E-state index contributed by atoms with van der Waals surface area (Å²) in [5.41, 5.74) is 13.7. The molecule has 5 heteroatoms. The van der Waals surface area contributed by atoms with Crippen molar-refractivity contribution in [3.8, 4) is 0 Å². The molecule has 2 aromatic carbocycles. The third kappa shape index (κ3) is 4.72. The molecule has 0 unspecified atom stereocenters. The Kier molecular flexibility index (Phi) is 5.04. The molecule has 21 heavy (non-hydrogen) atoms. The van der Waals surface area contributed by atoms with Gasteiger partial charge in [0.05, 0.1) is 6.54 Å². The number of hydrogen-bond acceptors (Lipinski definition) is 4. The summed E-state index contributed by atoms with van der Waals surface area (Å²) in [6, 6.07) is 17.7. The Hall–Kier alpha value is -2.69. The molecule has 0 saturated carbocycles. The fraction of sp³-hybridized carbons (Fsp3) is 0.188. The number of carbonyl (C=O) groups is 1. The number of nitrogens with two attached hydrogens (primary N) is 2. The van der Waals surface area contributed by atoms with Gasteiger partial charge in [-0.25, -0.2) is 4.79 Å².